The van der Waals surface area contributed by atoms with Crippen molar-refractivity contribution in [1.82, 2.24) is 9.21 Å². The number of nitrogens with one attached hydrogen (secondary N) is 1. The summed E-state index contributed by atoms with van der Waals surface area (Å²) in [5.41, 5.74) is 0.174. The van der Waals surface area contributed by atoms with Gasteiger partial charge in [-0.2, -0.15) is 4.31 Å². The zero-order valence-electron chi connectivity index (χ0n) is 13.7. The quantitative estimate of drug-likeness (QED) is 0.832. The third-order valence-electron chi connectivity index (χ3n) is 3.99. The maximum atomic E-state index is 13.2. The van der Waals surface area contributed by atoms with Crippen molar-refractivity contribution in [3.63, 3.8) is 0 Å². The minimum absolute atomic E-state index is 0.0475. The second kappa shape index (κ2) is 7.78. The number of thiophene rings is 1. The highest BCUT2D eigenvalue weighted by atomic mass is 32.2. The molecule has 1 amide bonds. The van der Waals surface area contributed by atoms with Gasteiger partial charge in [-0.1, -0.05) is 6.07 Å². The lowest BCUT2D eigenvalue weighted by Gasteiger charge is -2.33. The first-order valence-corrected chi connectivity index (χ1v) is 10.2. The van der Waals surface area contributed by atoms with Crippen LogP contribution in [-0.4, -0.2) is 56.3 Å². The van der Waals surface area contributed by atoms with Crippen molar-refractivity contribution >= 4 is 33.0 Å². The number of rotatable bonds is 5. The van der Waals surface area contributed by atoms with Crippen LogP contribution < -0.4 is 5.32 Å². The van der Waals surface area contributed by atoms with Crippen molar-refractivity contribution in [2.45, 2.75) is 4.21 Å². The number of benzene rings is 1. The summed E-state index contributed by atoms with van der Waals surface area (Å²) < 4.78 is 52.7. The fourth-order valence-electron chi connectivity index (χ4n) is 2.64. The van der Waals surface area contributed by atoms with Crippen molar-refractivity contribution in [3.05, 3.63) is 47.3 Å². The number of hydrogen-bond donors (Lipinski definition) is 1. The lowest BCUT2D eigenvalue weighted by Crippen LogP contribution is -2.50. The Hall–Kier alpha value is -1.88. The number of anilines is 1. The predicted octanol–water partition coefficient (Wildman–Crippen LogP) is 1.97. The number of halogens is 2. The van der Waals surface area contributed by atoms with Crippen molar-refractivity contribution in [2.24, 2.45) is 0 Å². The van der Waals surface area contributed by atoms with Gasteiger partial charge in [-0.3, -0.25) is 9.69 Å². The Morgan fingerprint density at radius 3 is 2.46 bits per heavy atom. The van der Waals surface area contributed by atoms with Gasteiger partial charge in [-0.15, -0.1) is 11.3 Å². The molecule has 1 aliphatic heterocycles. The molecule has 0 saturated carbocycles. The van der Waals surface area contributed by atoms with Crippen LogP contribution >= 0.6 is 11.3 Å². The Kier molecular flexibility index (Phi) is 5.66. The van der Waals surface area contributed by atoms with Gasteiger partial charge < -0.3 is 5.32 Å². The molecule has 0 spiro atoms. The van der Waals surface area contributed by atoms with Crippen LogP contribution in [0.5, 0.6) is 0 Å². The molecule has 0 unspecified atom stereocenters. The fraction of sp³-hybridized carbons (Fsp3) is 0.312. The number of nitrogens with zero attached hydrogens (tertiary/aromatic N) is 2. The van der Waals surface area contributed by atoms with Crippen molar-refractivity contribution in [1.29, 1.82) is 0 Å². The lowest BCUT2D eigenvalue weighted by molar-refractivity contribution is -0.117. The Bertz CT molecular complexity index is 880. The van der Waals surface area contributed by atoms with Crippen molar-refractivity contribution in [2.75, 3.05) is 38.0 Å². The summed E-state index contributed by atoms with van der Waals surface area (Å²) in [6.45, 7) is 1.45. The van der Waals surface area contributed by atoms with Gasteiger partial charge in [0.25, 0.3) is 10.0 Å². The summed E-state index contributed by atoms with van der Waals surface area (Å²) in [4.78, 5) is 13.9. The Labute approximate surface area is 154 Å². The van der Waals surface area contributed by atoms with Crippen molar-refractivity contribution < 1.29 is 22.0 Å². The molecule has 0 bridgehead atoms. The number of amides is 1. The third-order valence-corrected chi connectivity index (χ3v) is 7.26. The summed E-state index contributed by atoms with van der Waals surface area (Å²) in [6, 6.07) is 6.40. The molecule has 3 rings (SSSR count). The van der Waals surface area contributed by atoms with Gasteiger partial charge in [0.15, 0.2) is 11.6 Å². The zero-order valence-corrected chi connectivity index (χ0v) is 15.3. The highest BCUT2D eigenvalue weighted by Gasteiger charge is 2.29. The number of carbonyl (C=O) groups is 1. The molecule has 1 aromatic heterocycles. The maximum absolute atomic E-state index is 13.2. The molecule has 0 radical (unpaired) electrons. The van der Waals surface area contributed by atoms with Gasteiger partial charge in [-0.05, 0) is 23.6 Å². The van der Waals surface area contributed by atoms with Crippen LogP contribution in [0.25, 0.3) is 0 Å². The SMILES string of the molecule is O=C(CN1CCN(S(=O)(=O)c2cccs2)CC1)Nc1ccc(F)c(F)c1. The van der Waals surface area contributed by atoms with Gasteiger partial charge in [0, 0.05) is 37.9 Å². The summed E-state index contributed by atoms with van der Waals surface area (Å²) in [7, 11) is -3.48. The average Bonchev–Trinajstić information content (AvgIpc) is 3.14. The molecule has 2 aromatic rings. The Morgan fingerprint density at radius 1 is 1.12 bits per heavy atom. The van der Waals surface area contributed by atoms with E-state index in [1.165, 1.54) is 21.7 Å². The van der Waals surface area contributed by atoms with E-state index in [0.717, 1.165) is 12.1 Å². The first-order valence-electron chi connectivity index (χ1n) is 7.87. The van der Waals surface area contributed by atoms with Crippen molar-refractivity contribution in [3.8, 4) is 0 Å². The largest absolute Gasteiger partial charge is 0.325 e. The standard InChI is InChI=1S/C16H17F2N3O3S2/c17-13-4-3-12(10-14(13)18)19-15(22)11-20-5-7-21(8-6-20)26(23,24)16-2-1-9-25-16/h1-4,9-10H,5-8,11H2,(H,19,22). The summed E-state index contributed by atoms with van der Waals surface area (Å²) in [5.74, 6) is -2.38. The second-order valence-corrected chi connectivity index (χ2v) is 8.90. The highest BCUT2D eigenvalue weighted by molar-refractivity contribution is 7.91. The van der Waals surface area contributed by atoms with E-state index in [0.29, 0.717) is 30.4 Å². The van der Waals surface area contributed by atoms with Crippen LogP contribution in [-0.2, 0) is 14.8 Å². The van der Waals surface area contributed by atoms with Crippen LogP contribution in [0.2, 0.25) is 0 Å². The molecule has 1 N–H and O–H groups in total. The predicted molar refractivity (Wildman–Crippen MR) is 94.5 cm³/mol. The van der Waals surface area contributed by atoms with Crippen LogP contribution in [0.1, 0.15) is 0 Å². The summed E-state index contributed by atoms with van der Waals surface area (Å²) >= 11 is 1.17. The van der Waals surface area contributed by atoms with Crippen LogP contribution in [0.4, 0.5) is 14.5 Å². The van der Waals surface area contributed by atoms with Crippen LogP contribution in [0.3, 0.4) is 0 Å². The van der Waals surface area contributed by atoms with E-state index in [1.807, 2.05) is 4.90 Å². The molecule has 0 atom stereocenters. The summed E-state index contributed by atoms with van der Waals surface area (Å²) in [5, 5.41) is 4.22. The van der Waals surface area contributed by atoms with Gasteiger partial charge in [0.05, 0.1) is 6.54 Å². The molecule has 26 heavy (non-hydrogen) atoms. The molecule has 6 nitrogen and oxygen atoms in total. The van der Waals surface area contributed by atoms with Crippen LogP contribution in [0.15, 0.2) is 39.9 Å². The number of sulfonamides is 1. The second-order valence-electron chi connectivity index (χ2n) is 5.79. The highest BCUT2D eigenvalue weighted by Crippen LogP contribution is 2.22. The van der Waals surface area contributed by atoms with E-state index in [1.54, 1.807) is 17.5 Å². The fourth-order valence-corrected chi connectivity index (χ4v) is 5.21. The van der Waals surface area contributed by atoms with E-state index >= 15 is 0 Å². The molecule has 2 heterocycles. The van der Waals surface area contributed by atoms with Crippen LogP contribution in [0, 0.1) is 11.6 Å². The molecular formula is C16H17F2N3O3S2. The van der Waals surface area contributed by atoms with E-state index < -0.39 is 21.7 Å². The van der Waals surface area contributed by atoms with E-state index in [4.69, 9.17) is 0 Å². The first-order chi connectivity index (χ1) is 12.4. The Balaban J connectivity index is 1.52. The topological polar surface area (TPSA) is 69.7 Å². The molecule has 1 fully saturated rings. The van der Waals surface area contributed by atoms with Gasteiger partial charge >= 0.3 is 0 Å². The molecule has 0 aliphatic carbocycles. The Morgan fingerprint density at radius 2 is 1.85 bits per heavy atom. The van der Waals surface area contributed by atoms with Gasteiger partial charge in [0.1, 0.15) is 4.21 Å². The van der Waals surface area contributed by atoms with Gasteiger partial charge in [0.2, 0.25) is 5.91 Å². The average molecular weight is 401 g/mol. The minimum Gasteiger partial charge on any atom is -0.325 e. The van der Waals surface area contributed by atoms with E-state index in [2.05, 4.69) is 5.32 Å². The maximum Gasteiger partial charge on any atom is 0.252 e. The molecular weight excluding hydrogens is 384 g/mol. The first kappa shape index (κ1) is 18.9. The monoisotopic (exact) mass is 401 g/mol. The minimum atomic E-state index is -3.48. The van der Waals surface area contributed by atoms with Gasteiger partial charge in [-0.25, -0.2) is 17.2 Å². The third kappa shape index (κ3) is 4.26. The zero-order chi connectivity index (χ0) is 18.7. The molecule has 1 aromatic carbocycles. The molecule has 140 valence electrons. The number of hydrogen-bond acceptors (Lipinski definition) is 5. The van der Waals surface area contributed by atoms with E-state index in [-0.39, 0.29) is 18.1 Å². The van der Waals surface area contributed by atoms with E-state index in [9.17, 15) is 22.0 Å². The molecule has 1 saturated heterocycles. The number of piperazine rings is 1. The normalized spacial score (nSPS) is 16.5. The molecule has 1 aliphatic rings. The lowest BCUT2D eigenvalue weighted by atomic mass is 10.3. The summed E-state index contributed by atoms with van der Waals surface area (Å²) in [6.07, 6.45) is 0. The molecule has 10 heteroatoms. The smallest absolute Gasteiger partial charge is 0.252 e. The number of carbonyl (C=O) groups excluding carboxylic acids is 1.